The van der Waals surface area contributed by atoms with Gasteiger partial charge in [0.1, 0.15) is 12.1 Å². The maximum absolute atomic E-state index is 10.7. The van der Waals surface area contributed by atoms with Crippen LogP contribution in [-0.2, 0) is 26.4 Å². The molecule has 4 N–H and O–H groups in total. The van der Waals surface area contributed by atoms with E-state index in [1.54, 1.807) is 6.07 Å². The average Bonchev–Trinajstić information content (AvgIpc) is 3.13. The fourth-order valence-corrected chi connectivity index (χ4v) is 2.11. The number of hydrogen-bond donors (Lipinski definition) is 3. The van der Waals surface area contributed by atoms with Gasteiger partial charge in [-0.05, 0) is 24.1 Å². The van der Waals surface area contributed by atoms with Crippen molar-refractivity contribution in [2.75, 3.05) is 6.61 Å². The highest BCUT2D eigenvalue weighted by atomic mass is 32.3. The monoisotopic (exact) mass is 303 g/mol. The fraction of sp³-hybridized carbons (Fsp3) is 0.364. The Balaban J connectivity index is 2.26. The lowest BCUT2D eigenvalue weighted by atomic mass is 10.0. The van der Waals surface area contributed by atoms with Gasteiger partial charge in [-0.1, -0.05) is 6.07 Å². The van der Waals surface area contributed by atoms with Gasteiger partial charge in [-0.2, -0.15) is 8.42 Å². The number of rotatable bonds is 6. The third-order valence-electron chi connectivity index (χ3n) is 2.72. The molecule has 1 saturated heterocycles. The van der Waals surface area contributed by atoms with Crippen LogP contribution in [0, 0.1) is 0 Å². The summed E-state index contributed by atoms with van der Waals surface area (Å²) in [4.78, 5) is 10.7. The summed E-state index contributed by atoms with van der Waals surface area (Å²) in [7, 11) is -4.63. The van der Waals surface area contributed by atoms with E-state index in [1.807, 2.05) is 0 Å². The van der Waals surface area contributed by atoms with Crippen LogP contribution in [0.4, 0.5) is 0 Å². The summed E-state index contributed by atoms with van der Waals surface area (Å²) in [5, 5.41) is 8.75. The van der Waals surface area contributed by atoms with Crippen LogP contribution < -0.4 is 9.92 Å². The summed E-state index contributed by atoms with van der Waals surface area (Å²) in [5.41, 5.74) is 6.47. The Morgan fingerprint density at radius 1 is 1.55 bits per heavy atom. The van der Waals surface area contributed by atoms with Crippen LogP contribution in [0.3, 0.4) is 0 Å². The highest BCUT2D eigenvalue weighted by Gasteiger charge is 2.30. The Kier molecular flexibility index (Phi) is 3.95. The van der Waals surface area contributed by atoms with Crippen LogP contribution in [0.2, 0.25) is 0 Å². The zero-order chi connectivity index (χ0) is 14.9. The molecule has 1 fully saturated rings. The first-order chi connectivity index (χ1) is 9.26. The predicted octanol–water partition coefficient (Wildman–Crippen LogP) is -0.106. The number of hydrogen-bond acceptors (Lipinski definition) is 6. The second-order valence-electron chi connectivity index (χ2n) is 4.35. The lowest BCUT2D eigenvalue weighted by Gasteiger charge is -2.11. The first kappa shape index (κ1) is 14.7. The highest BCUT2D eigenvalue weighted by Crippen LogP contribution is 2.37. The van der Waals surface area contributed by atoms with Gasteiger partial charge >= 0.3 is 16.4 Å². The molecule has 0 bridgehead atoms. The third-order valence-corrected chi connectivity index (χ3v) is 3.11. The standard InChI is InChI=1S/C11H13NO7S/c12-8(11(13)14)4-6-1-2-9(19-20(15,16)17)7(3-6)10-5-18-10/h1-3,8,10H,4-5,12H2,(H,13,14)(H,15,16,17). The van der Waals surface area contributed by atoms with E-state index in [9.17, 15) is 13.2 Å². The largest absolute Gasteiger partial charge is 0.480 e. The molecule has 2 rings (SSSR count). The van der Waals surface area contributed by atoms with Crippen molar-refractivity contribution in [3.05, 3.63) is 29.3 Å². The number of nitrogens with two attached hydrogens (primary N) is 1. The molecule has 0 radical (unpaired) electrons. The number of carbonyl (C=O) groups is 1. The van der Waals surface area contributed by atoms with Crippen molar-refractivity contribution in [3.63, 3.8) is 0 Å². The van der Waals surface area contributed by atoms with Crippen molar-refractivity contribution < 1.29 is 31.8 Å². The zero-order valence-corrected chi connectivity index (χ0v) is 11.0. The Labute approximate surface area is 115 Å². The van der Waals surface area contributed by atoms with E-state index in [1.165, 1.54) is 12.1 Å². The number of benzene rings is 1. The smallest absolute Gasteiger partial charge is 0.446 e. The molecule has 8 nitrogen and oxygen atoms in total. The van der Waals surface area contributed by atoms with Crippen molar-refractivity contribution in [2.45, 2.75) is 18.6 Å². The minimum absolute atomic E-state index is 0.0531. The minimum Gasteiger partial charge on any atom is -0.480 e. The lowest BCUT2D eigenvalue weighted by Crippen LogP contribution is -2.32. The molecule has 1 heterocycles. The van der Waals surface area contributed by atoms with Crippen LogP contribution >= 0.6 is 0 Å². The maximum atomic E-state index is 10.7. The molecule has 0 aromatic heterocycles. The Bertz CT molecular complexity index is 624. The molecule has 110 valence electrons. The van der Waals surface area contributed by atoms with Crippen LogP contribution in [0.25, 0.3) is 0 Å². The van der Waals surface area contributed by atoms with Gasteiger partial charge in [0.25, 0.3) is 0 Å². The average molecular weight is 303 g/mol. The number of carboxylic acid groups (broad SMARTS) is 1. The van der Waals surface area contributed by atoms with Gasteiger partial charge in [0.2, 0.25) is 0 Å². The van der Waals surface area contributed by atoms with Gasteiger partial charge in [0.05, 0.1) is 6.61 Å². The molecule has 1 aromatic rings. The number of carboxylic acids is 1. The van der Waals surface area contributed by atoms with E-state index in [2.05, 4.69) is 4.18 Å². The van der Waals surface area contributed by atoms with E-state index >= 15 is 0 Å². The number of epoxide rings is 1. The molecule has 0 saturated carbocycles. The van der Waals surface area contributed by atoms with Gasteiger partial charge in [-0.15, -0.1) is 0 Å². The summed E-state index contributed by atoms with van der Waals surface area (Å²) >= 11 is 0. The molecule has 20 heavy (non-hydrogen) atoms. The predicted molar refractivity (Wildman–Crippen MR) is 66.6 cm³/mol. The lowest BCUT2D eigenvalue weighted by molar-refractivity contribution is -0.138. The minimum atomic E-state index is -4.63. The van der Waals surface area contributed by atoms with Gasteiger partial charge in [0.15, 0.2) is 5.75 Å². The van der Waals surface area contributed by atoms with E-state index in [0.29, 0.717) is 17.7 Å². The van der Waals surface area contributed by atoms with Crippen LogP contribution in [-0.4, -0.2) is 36.7 Å². The molecule has 2 atom stereocenters. The summed E-state index contributed by atoms with van der Waals surface area (Å²) in [6, 6.07) is 3.31. The SMILES string of the molecule is NC(Cc1ccc(OS(=O)(=O)O)c(C2CO2)c1)C(=O)O. The van der Waals surface area contributed by atoms with Crippen LogP contribution in [0.15, 0.2) is 18.2 Å². The van der Waals surface area contributed by atoms with Crippen molar-refractivity contribution in [1.29, 1.82) is 0 Å². The molecule has 1 aromatic carbocycles. The first-order valence-corrected chi connectivity index (χ1v) is 7.02. The molecular formula is C11H13NO7S. The number of aliphatic carboxylic acids is 1. The van der Waals surface area contributed by atoms with E-state index in [0.717, 1.165) is 0 Å². The molecule has 1 aliphatic heterocycles. The summed E-state index contributed by atoms with van der Waals surface area (Å²) in [5.74, 6) is -1.19. The number of ether oxygens (including phenoxy) is 1. The van der Waals surface area contributed by atoms with Gasteiger partial charge in [0, 0.05) is 5.56 Å². The highest BCUT2D eigenvalue weighted by molar-refractivity contribution is 7.81. The quantitative estimate of drug-likeness (QED) is 0.488. The summed E-state index contributed by atoms with van der Waals surface area (Å²) in [6.07, 6.45) is -0.242. The van der Waals surface area contributed by atoms with Crippen molar-refractivity contribution in [1.82, 2.24) is 0 Å². The van der Waals surface area contributed by atoms with E-state index in [-0.39, 0.29) is 18.3 Å². The zero-order valence-electron chi connectivity index (χ0n) is 10.2. The molecule has 0 aliphatic carbocycles. The van der Waals surface area contributed by atoms with Gasteiger partial charge in [-0.3, -0.25) is 9.35 Å². The van der Waals surface area contributed by atoms with Gasteiger partial charge in [-0.25, -0.2) is 0 Å². The second-order valence-corrected chi connectivity index (χ2v) is 5.38. The van der Waals surface area contributed by atoms with Crippen molar-refractivity contribution in [3.8, 4) is 5.75 Å². The molecule has 0 amide bonds. The molecule has 1 aliphatic rings. The fourth-order valence-electron chi connectivity index (χ4n) is 1.73. The van der Waals surface area contributed by atoms with Gasteiger partial charge < -0.3 is 19.8 Å². The Morgan fingerprint density at radius 2 is 2.20 bits per heavy atom. The third kappa shape index (κ3) is 3.90. The molecule has 9 heteroatoms. The normalized spacial score (nSPS) is 19.4. The van der Waals surface area contributed by atoms with Crippen LogP contribution in [0.5, 0.6) is 5.75 Å². The van der Waals surface area contributed by atoms with Crippen molar-refractivity contribution >= 4 is 16.4 Å². The molecule has 2 unspecified atom stereocenters. The Morgan fingerprint density at radius 3 is 2.70 bits per heavy atom. The first-order valence-electron chi connectivity index (χ1n) is 5.66. The summed E-state index contributed by atoms with van der Waals surface area (Å²) in [6.45, 7) is 0.399. The van der Waals surface area contributed by atoms with E-state index < -0.39 is 22.4 Å². The molecule has 0 spiro atoms. The van der Waals surface area contributed by atoms with Crippen LogP contribution in [0.1, 0.15) is 17.2 Å². The topological polar surface area (TPSA) is 139 Å². The maximum Gasteiger partial charge on any atom is 0.446 e. The summed E-state index contributed by atoms with van der Waals surface area (Å²) < 4.78 is 39.7. The second kappa shape index (κ2) is 5.37. The van der Waals surface area contributed by atoms with Crippen molar-refractivity contribution in [2.24, 2.45) is 5.73 Å². The molecular weight excluding hydrogens is 290 g/mol. The Hall–Kier alpha value is -1.68. The van der Waals surface area contributed by atoms with E-state index in [4.69, 9.17) is 20.1 Å².